The van der Waals surface area contributed by atoms with E-state index in [4.69, 9.17) is 4.74 Å². The van der Waals surface area contributed by atoms with E-state index in [1.54, 1.807) is 0 Å². The van der Waals surface area contributed by atoms with Gasteiger partial charge >= 0.3 is 18.2 Å². The van der Waals surface area contributed by atoms with Crippen LogP contribution in [0.4, 0.5) is 18.0 Å². The summed E-state index contributed by atoms with van der Waals surface area (Å²) in [6.07, 6.45) is -5.30. The highest BCUT2D eigenvalue weighted by atomic mass is 19.4. The summed E-state index contributed by atoms with van der Waals surface area (Å²) in [5.74, 6) is -3.00. The molecule has 2 rings (SSSR count). The number of hydrogen-bond acceptors (Lipinski definition) is 5. The second-order valence-electron chi connectivity index (χ2n) is 5.34. The Kier molecular flexibility index (Phi) is 5.12. The first kappa shape index (κ1) is 18.8. The van der Waals surface area contributed by atoms with Crippen LogP contribution < -0.4 is 15.4 Å². The van der Waals surface area contributed by atoms with Gasteiger partial charge in [-0.05, 0) is 24.6 Å². The van der Waals surface area contributed by atoms with Crippen LogP contribution in [0.25, 0.3) is 0 Å². The van der Waals surface area contributed by atoms with Crippen molar-refractivity contribution in [3.05, 3.63) is 29.8 Å². The first-order valence-electron chi connectivity index (χ1n) is 7.32. The number of benzene rings is 1. The van der Waals surface area contributed by atoms with E-state index in [9.17, 15) is 27.9 Å². The predicted octanol–water partition coefficient (Wildman–Crippen LogP) is 1.48. The van der Waals surface area contributed by atoms with Crippen molar-refractivity contribution < 1.29 is 37.3 Å². The Bertz CT molecular complexity index is 650. The van der Waals surface area contributed by atoms with E-state index in [1.165, 1.54) is 43.6 Å². The van der Waals surface area contributed by atoms with Crippen LogP contribution in [0.1, 0.15) is 18.5 Å². The molecule has 1 heterocycles. The highest BCUT2D eigenvalue weighted by molar-refractivity contribution is 5.83. The summed E-state index contributed by atoms with van der Waals surface area (Å²) in [5.41, 5.74) is -3.59. The first-order chi connectivity index (χ1) is 11.6. The fourth-order valence-electron chi connectivity index (χ4n) is 2.63. The van der Waals surface area contributed by atoms with Gasteiger partial charge in [0.15, 0.2) is 0 Å². The van der Waals surface area contributed by atoms with E-state index >= 15 is 0 Å². The van der Waals surface area contributed by atoms with Gasteiger partial charge in [0, 0.05) is 0 Å². The molecule has 1 saturated heterocycles. The molecule has 25 heavy (non-hydrogen) atoms. The van der Waals surface area contributed by atoms with E-state index in [0.717, 1.165) is 0 Å². The first-order valence-corrected chi connectivity index (χ1v) is 7.32. The standard InChI is InChI=1S/C15H17F3N2O5/c1-3-25-12(21)10-11(8-4-6-9(24-2)7-5-8)19-13(22)20-14(10,23)15(16,17)18/h4-7,10-11,23H,3H2,1-2H3,(H2,19,20,22)/t10-,11+,14-/m1/s1. The quantitative estimate of drug-likeness (QED) is 0.705. The van der Waals surface area contributed by atoms with Crippen LogP contribution in [-0.4, -0.2) is 42.7 Å². The van der Waals surface area contributed by atoms with E-state index in [-0.39, 0.29) is 12.2 Å². The lowest BCUT2D eigenvalue weighted by Gasteiger charge is -2.44. The number of ether oxygens (including phenoxy) is 2. The highest BCUT2D eigenvalue weighted by Gasteiger charge is 2.67. The molecule has 10 heteroatoms. The Hall–Kier alpha value is -2.49. The van der Waals surface area contributed by atoms with E-state index in [1.807, 2.05) is 0 Å². The molecular formula is C15H17F3N2O5. The molecule has 7 nitrogen and oxygen atoms in total. The van der Waals surface area contributed by atoms with Crippen molar-refractivity contribution in [3.63, 3.8) is 0 Å². The van der Waals surface area contributed by atoms with Gasteiger partial charge in [-0.25, -0.2) is 4.79 Å². The molecule has 3 N–H and O–H groups in total. The number of rotatable bonds is 4. The van der Waals surface area contributed by atoms with E-state index < -0.39 is 35.9 Å². The molecule has 0 unspecified atom stereocenters. The van der Waals surface area contributed by atoms with Crippen molar-refractivity contribution in [2.45, 2.75) is 24.9 Å². The number of hydrogen-bond donors (Lipinski definition) is 3. The molecule has 1 aliphatic rings. The SMILES string of the molecule is CCOC(=O)[C@H]1[C@H](c2ccc(OC)cc2)NC(=O)N[C@]1(O)C(F)(F)F. The van der Waals surface area contributed by atoms with Gasteiger partial charge in [0.25, 0.3) is 5.72 Å². The number of carbonyl (C=O) groups is 2. The Morgan fingerprint density at radius 1 is 1.32 bits per heavy atom. The third-order valence-electron chi connectivity index (χ3n) is 3.82. The third kappa shape index (κ3) is 3.48. The number of methoxy groups -OCH3 is 1. The largest absolute Gasteiger partial charge is 0.497 e. The molecule has 1 aliphatic heterocycles. The molecule has 1 aromatic rings. The number of alkyl halides is 3. The Morgan fingerprint density at radius 2 is 1.92 bits per heavy atom. The molecule has 0 bridgehead atoms. The number of amides is 2. The number of aliphatic hydroxyl groups is 1. The third-order valence-corrected chi connectivity index (χ3v) is 3.82. The lowest BCUT2D eigenvalue weighted by atomic mass is 9.82. The molecule has 0 aromatic heterocycles. The number of urea groups is 1. The van der Waals surface area contributed by atoms with Crippen LogP contribution >= 0.6 is 0 Å². The second-order valence-corrected chi connectivity index (χ2v) is 5.34. The zero-order valence-corrected chi connectivity index (χ0v) is 13.4. The Balaban J connectivity index is 2.53. The monoisotopic (exact) mass is 362 g/mol. The molecule has 138 valence electrons. The molecule has 2 amide bonds. The van der Waals surface area contributed by atoms with Gasteiger partial charge in [0.2, 0.25) is 0 Å². The maximum Gasteiger partial charge on any atom is 0.437 e. The summed E-state index contributed by atoms with van der Waals surface area (Å²) in [7, 11) is 1.41. The van der Waals surface area contributed by atoms with Crippen molar-refractivity contribution >= 4 is 12.0 Å². The van der Waals surface area contributed by atoms with Gasteiger partial charge in [-0.2, -0.15) is 13.2 Å². The molecule has 0 saturated carbocycles. The minimum atomic E-state index is -5.30. The minimum Gasteiger partial charge on any atom is -0.497 e. The summed E-state index contributed by atoms with van der Waals surface area (Å²) < 4.78 is 50.0. The molecule has 0 radical (unpaired) electrons. The number of carbonyl (C=O) groups excluding carboxylic acids is 2. The van der Waals surface area contributed by atoms with Crippen LogP contribution in [0.2, 0.25) is 0 Å². The minimum absolute atomic E-state index is 0.177. The van der Waals surface area contributed by atoms with Crippen LogP contribution in [0, 0.1) is 5.92 Å². The lowest BCUT2D eigenvalue weighted by molar-refractivity contribution is -0.294. The zero-order valence-electron chi connectivity index (χ0n) is 13.4. The van der Waals surface area contributed by atoms with E-state index in [2.05, 4.69) is 10.1 Å². The van der Waals surface area contributed by atoms with Crippen molar-refractivity contribution in [1.29, 1.82) is 0 Å². The van der Waals surface area contributed by atoms with Gasteiger partial charge < -0.3 is 25.2 Å². The summed E-state index contributed by atoms with van der Waals surface area (Å²) in [5, 5.41) is 13.8. The van der Waals surface area contributed by atoms with Gasteiger partial charge in [0.1, 0.15) is 11.7 Å². The number of esters is 1. The molecule has 0 spiro atoms. The van der Waals surface area contributed by atoms with E-state index in [0.29, 0.717) is 5.75 Å². The number of halogens is 3. The fourth-order valence-corrected chi connectivity index (χ4v) is 2.63. The summed E-state index contributed by atoms with van der Waals surface area (Å²) in [6.45, 7) is 1.23. The topological polar surface area (TPSA) is 96.9 Å². The molecule has 1 fully saturated rings. The van der Waals surface area contributed by atoms with Crippen molar-refractivity contribution in [3.8, 4) is 5.75 Å². The lowest BCUT2D eigenvalue weighted by Crippen LogP contribution is -2.73. The van der Waals surface area contributed by atoms with Crippen molar-refractivity contribution in [2.24, 2.45) is 5.92 Å². The van der Waals surface area contributed by atoms with Gasteiger partial charge in [-0.15, -0.1) is 0 Å². The second kappa shape index (κ2) is 6.79. The van der Waals surface area contributed by atoms with Crippen LogP contribution in [0.5, 0.6) is 5.75 Å². The van der Waals surface area contributed by atoms with Crippen molar-refractivity contribution in [2.75, 3.05) is 13.7 Å². The molecule has 0 aliphatic carbocycles. The molecule has 1 aromatic carbocycles. The average Bonchev–Trinajstić information content (AvgIpc) is 2.53. The Labute approximate surface area is 141 Å². The molecule has 3 atom stereocenters. The molecular weight excluding hydrogens is 345 g/mol. The average molecular weight is 362 g/mol. The smallest absolute Gasteiger partial charge is 0.437 e. The van der Waals surface area contributed by atoms with Crippen LogP contribution in [-0.2, 0) is 9.53 Å². The van der Waals surface area contributed by atoms with Gasteiger partial charge in [0.05, 0.1) is 19.8 Å². The summed E-state index contributed by atoms with van der Waals surface area (Å²) in [6, 6.07) is 2.97. The summed E-state index contributed by atoms with van der Waals surface area (Å²) in [4.78, 5) is 23.9. The maximum absolute atomic E-state index is 13.4. The Morgan fingerprint density at radius 3 is 2.40 bits per heavy atom. The van der Waals surface area contributed by atoms with Crippen molar-refractivity contribution in [1.82, 2.24) is 10.6 Å². The number of nitrogens with one attached hydrogen (secondary N) is 2. The zero-order chi connectivity index (χ0) is 18.8. The highest BCUT2D eigenvalue weighted by Crippen LogP contribution is 2.43. The van der Waals surface area contributed by atoms with Crippen LogP contribution in [0.3, 0.4) is 0 Å². The maximum atomic E-state index is 13.4. The van der Waals surface area contributed by atoms with Gasteiger partial charge in [-0.3, -0.25) is 4.79 Å². The summed E-state index contributed by atoms with van der Waals surface area (Å²) >= 11 is 0. The fraction of sp³-hybridized carbons (Fsp3) is 0.467. The van der Waals surface area contributed by atoms with Gasteiger partial charge in [-0.1, -0.05) is 12.1 Å². The van der Waals surface area contributed by atoms with Crippen LogP contribution in [0.15, 0.2) is 24.3 Å². The predicted molar refractivity (Wildman–Crippen MR) is 78.5 cm³/mol. The normalized spacial score (nSPS) is 26.4.